The van der Waals surface area contributed by atoms with Crippen molar-refractivity contribution in [3.8, 4) is 0 Å². The van der Waals surface area contributed by atoms with Crippen LogP contribution < -0.4 is 11.1 Å². The highest BCUT2D eigenvalue weighted by Gasteiger charge is 2.23. The molecule has 0 aromatic carbocycles. The zero-order valence-electron chi connectivity index (χ0n) is 7.83. The molecule has 0 unspecified atom stereocenters. The zero-order chi connectivity index (χ0) is 9.90. The third-order valence-electron chi connectivity index (χ3n) is 1.90. The monoisotopic (exact) mass is 198 g/mol. The van der Waals surface area contributed by atoms with Crippen LogP contribution in [0.1, 0.15) is 18.7 Å². The first-order valence-electron chi connectivity index (χ1n) is 4.10. The number of carbonyl (C=O) groups is 1. The van der Waals surface area contributed by atoms with Crippen LogP contribution in [0.15, 0.2) is 17.5 Å². The summed E-state index contributed by atoms with van der Waals surface area (Å²) in [5.41, 5.74) is 4.58. The lowest BCUT2D eigenvalue weighted by Crippen LogP contribution is -2.50. The number of amides is 1. The van der Waals surface area contributed by atoms with E-state index < -0.39 is 5.54 Å². The minimum Gasteiger partial charge on any atom is -0.368 e. The van der Waals surface area contributed by atoms with Crippen LogP contribution in [-0.4, -0.2) is 11.4 Å². The highest BCUT2D eigenvalue weighted by atomic mass is 32.1. The van der Waals surface area contributed by atoms with Crippen LogP contribution in [0, 0.1) is 0 Å². The van der Waals surface area contributed by atoms with Gasteiger partial charge in [0, 0.05) is 11.4 Å². The maximum absolute atomic E-state index is 10.9. The summed E-state index contributed by atoms with van der Waals surface area (Å²) >= 11 is 1.66. The Morgan fingerprint density at radius 1 is 1.69 bits per heavy atom. The summed E-state index contributed by atoms with van der Waals surface area (Å²) in [5, 5.41) is 5.10. The van der Waals surface area contributed by atoms with E-state index in [9.17, 15) is 4.79 Å². The summed E-state index contributed by atoms with van der Waals surface area (Å²) in [6.45, 7) is 4.25. The molecular weight excluding hydrogens is 184 g/mol. The first kappa shape index (κ1) is 10.2. The maximum atomic E-state index is 10.9. The topological polar surface area (TPSA) is 55.1 Å². The molecule has 0 atom stereocenters. The lowest BCUT2D eigenvalue weighted by Gasteiger charge is -2.21. The SMILES string of the molecule is CC(C)(NCc1cccs1)C(N)=O. The molecule has 1 heterocycles. The van der Waals surface area contributed by atoms with Crippen molar-refractivity contribution in [1.29, 1.82) is 0 Å². The third-order valence-corrected chi connectivity index (χ3v) is 2.78. The van der Waals surface area contributed by atoms with Crippen molar-refractivity contribution in [3.05, 3.63) is 22.4 Å². The van der Waals surface area contributed by atoms with Gasteiger partial charge in [-0.05, 0) is 25.3 Å². The molecular formula is C9H14N2OS. The first-order chi connectivity index (χ1) is 6.02. The molecule has 0 saturated carbocycles. The number of primary amides is 1. The van der Waals surface area contributed by atoms with Crippen LogP contribution in [0.5, 0.6) is 0 Å². The molecule has 0 radical (unpaired) electrons. The molecule has 3 nitrogen and oxygen atoms in total. The molecule has 1 amide bonds. The molecule has 0 aliphatic heterocycles. The minimum absolute atomic E-state index is 0.330. The van der Waals surface area contributed by atoms with E-state index >= 15 is 0 Å². The predicted octanol–water partition coefficient (Wildman–Crippen LogP) is 1.10. The number of rotatable bonds is 4. The van der Waals surface area contributed by atoms with Gasteiger partial charge < -0.3 is 5.73 Å². The van der Waals surface area contributed by atoms with Crippen LogP contribution in [0.4, 0.5) is 0 Å². The molecule has 72 valence electrons. The lowest BCUT2D eigenvalue weighted by atomic mass is 10.1. The molecule has 13 heavy (non-hydrogen) atoms. The van der Waals surface area contributed by atoms with Crippen LogP contribution >= 0.6 is 11.3 Å². The Labute approximate surface area is 81.9 Å². The molecule has 0 aliphatic rings. The molecule has 1 rings (SSSR count). The van der Waals surface area contributed by atoms with Gasteiger partial charge in [-0.2, -0.15) is 0 Å². The van der Waals surface area contributed by atoms with Gasteiger partial charge in [0.05, 0.1) is 5.54 Å². The fraction of sp³-hybridized carbons (Fsp3) is 0.444. The van der Waals surface area contributed by atoms with Gasteiger partial charge in [0.15, 0.2) is 0 Å². The van der Waals surface area contributed by atoms with E-state index in [0.29, 0.717) is 6.54 Å². The summed E-state index contributed by atoms with van der Waals surface area (Å²) in [6, 6.07) is 4.01. The van der Waals surface area contributed by atoms with Crippen molar-refractivity contribution in [2.75, 3.05) is 0 Å². The highest BCUT2D eigenvalue weighted by molar-refractivity contribution is 7.09. The quantitative estimate of drug-likeness (QED) is 0.761. The Morgan fingerprint density at radius 2 is 2.38 bits per heavy atom. The van der Waals surface area contributed by atoms with E-state index in [1.807, 2.05) is 17.5 Å². The molecule has 1 aromatic heterocycles. The molecule has 0 spiro atoms. The van der Waals surface area contributed by atoms with Crippen LogP contribution in [0.25, 0.3) is 0 Å². The predicted molar refractivity (Wildman–Crippen MR) is 54.4 cm³/mol. The third kappa shape index (κ3) is 2.82. The van der Waals surface area contributed by atoms with E-state index in [-0.39, 0.29) is 5.91 Å². The van der Waals surface area contributed by atoms with E-state index in [0.717, 1.165) is 0 Å². The van der Waals surface area contributed by atoms with E-state index in [1.54, 1.807) is 25.2 Å². The Morgan fingerprint density at radius 3 is 2.85 bits per heavy atom. The van der Waals surface area contributed by atoms with Crippen LogP contribution in [0.2, 0.25) is 0 Å². The standard InChI is InChI=1S/C9H14N2OS/c1-9(2,8(10)12)11-6-7-4-3-5-13-7/h3-5,11H,6H2,1-2H3,(H2,10,12). The van der Waals surface area contributed by atoms with Gasteiger partial charge in [0.2, 0.25) is 5.91 Å². The zero-order valence-corrected chi connectivity index (χ0v) is 8.65. The summed E-state index contributed by atoms with van der Waals surface area (Å²) in [6.07, 6.45) is 0. The second-order valence-electron chi connectivity index (χ2n) is 3.42. The normalized spacial score (nSPS) is 11.5. The second-order valence-corrected chi connectivity index (χ2v) is 4.45. The summed E-state index contributed by atoms with van der Waals surface area (Å²) < 4.78 is 0. The molecule has 4 heteroatoms. The minimum atomic E-state index is -0.635. The Kier molecular flexibility index (Phi) is 3.06. The average Bonchev–Trinajstić information content (AvgIpc) is 2.52. The number of hydrogen-bond acceptors (Lipinski definition) is 3. The van der Waals surface area contributed by atoms with E-state index in [4.69, 9.17) is 5.73 Å². The number of carbonyl (C=O) groups excluding carboxylic acids is 1. The maximum Gasteiger partial charge on any atom is 0.237 e. The lowest BCUT2D eigenvalue weighted by molar-refractivity contribution is -0.123. The van der Waals surface area contributed by atoms with Gasteiger partial charge in [0.25, 0.3) is 0 Å². The molecule has 0 bridgehead atoms. The smallest absolute Gasteiger partial charge is 0.237 e. The van der Waals surface area contributed by atoms with Crippen molar-refractivity contribution in [1.82, 2.24) is 5.32 Å². The van der Waals surface area contributed by atoms with Crippen molar-refractivity contribution in [2.24, 2.45) is 5.73 Å². The fourth-order valence-corrected chi connectivity index (χ4v) is 1.45. The summed E-state index contributed by atoms with van der Waals surface area (Å²) in [5.74, 6) is -0.330. The van der Waals surface area contributed by atoms with Crippen LogP contribution in [0.3, 0.4) is 0 Å². The first-order valence-corrected chi connectivity index (χ1v) is 4.97. The highest BCUT2D eigenvalue weighted by Crippen LogP contribution is 2.10. The molecule has 1 aromatic rings. The number of nitrogens with one attached hydrogen (secondary N) is 1. The molecule has 3 N–H and O–H groups in total. The van der Waals surface area contributed by atoms with Crippen molar-refractivity contribution in [2.45, 2.75) is 25.9 Å². The number of hydrogen-bond donors (Lipinski definition) is 2. The molecule has 0 aliphatic carbocycles. The van der Waals surface area contributed by atoms with Crippen molar-refractivity contribution in [3.63, 3.8) is 0 Å². The summed E-state index contributed by atoms with van der Waals surface area (Å²) in [4.78, 5) is 12.1. The van der Waals surface area contributed by atoms with Gasteiger partial charge in [-0.25, -0.2) is 0 Å². The largest absolute Gasteiger partial charge is 0.368 e. The summed E-state index contributed by atoms with van der Waals surface area (Å²) in [7, 11) is 0. The second kappa shape index (κ2) is 3.89. The Balaban J connectivity index is 2.47. The average molecular weight is 198 g/mol. The number of nitrogens with two attached hydrogens (primary N) is 1. The fourth-order valence-electron chi connectivity index (χ4n) is 0.808. The number of thiophene rings is 1. The van der Waals surface area contributed by atoms with Gasteiger partial charge >= 0.3 is 0 Å². The van der Waals surface area contributed by atoms with Crippen molar-refractivity contribution >= 4 is 17.2 Å². The Hall–Kier alpha value is -0.870. The Bertz CT molecular complexity index is 280. The van der Waals surface area contributed by atoms with Crippen molar-refractivity contribution < 1.29 is 4.79 Å². The van der Waals surface area contributed by atoms with Gasteiger partial charge in [-0.3, -0.25) is 10.1 Å². The van der Waals surface area contributed by atoms with Gasteiger partial charge in [-0.15, -0.1) is 11.3 Å². The molecule has 0 fully saturated rings. The molecule has 0 saturated heterocycles. The van der Waals surface area contributed by atoms with Gasteiger partial charge in [-0.1, -0.05) is 6.07 Å². The van der Waals surface area contributed by atoms with Crippen LogP contribution in [-0.2, 0) is 11.3 Å². The van der Waals surface area contributed by atoms with E-state index in [1.165, 1.54) is 4.88 Å². The van der Waals surface area contributed by atoms with Gasteiger partial charge in [0.1, 0.15) is 0 Å². The van der Waals surface area contributed by atoms with E-state index in [2.05, 4.69) is 5.32 Å².